The molecular weight excluding hydrogens is 560 g/mol. The number of carbonyl (C=O) groups excluding carboxylic acids is 2. The first-order valence-electron chi connectivity index (χ1n) is 13.6. The van der Waals surface area contributed by atoms with Crippen molar-refractivity contribution in [1.82, 2.24) is 0 Å². The summed E-state index contributed by atoms with van der Waals surface area (Å²) in [5, 5.41) is 29.9. The maximum Gasteiger partial charge on any atom is 0.259 e. The van der Waals surface area contributed by atoms with Crippen molar-refractivity contribution >= 4 is 56.3 Å². The van der Waals surface area contributed by atoms with Crippen molar-refractivity contribution in [1.29, 1.82) is 0 Å². The van der Waals surface area contributed by atoms with Crippen LogP contribution in [0.25, 0.3) is 21.5 Å². The molecule has 0 bridgehead atoms. The Labute approximate surface area is 254 Å². The second-order valence-electron chi connectivity index (χ2n) is 10.1. The highest BCUT2D eigenvalue weighted by Crippen LogP contribution is 2.28. The number of aromatic hydroxyl groups is 2. The lowest BCUT2D eigenvalue weighted by Crippen LogP contribution is -2.13. The van der Waals surface area contributed by atoms with Crippen LogP contribution in [0, 0.1) is 13.8 Å². The number of carbonyl (C=O) groups is 2. The molecule has 43 heavy (non-hydrogen) atoms. The highest BCUT2D eigenvalue weighted by atomic mass is 35.5. The third-order valence-corrected chi connectivity index (χ3v) is 7.29. The first kappa shape index (κ1) is 29.2. The van der Waals surface area contributed by atoms with E-state index >= 15 is 0 Å². The van der Waals surface area contributed by atoms with Crippen molar-refractivity contribution in [3.63, 3.8) is 0 Å². The highest BCUT2D eigenvalue weighted by Gasteiger charge is 2.15. The van der Waals surface area contributed by atoms with Gasteiger partial charge in [-0.3, -0.25) is 9.59 Å². The Morgan fingerprint density at radius 3 is 1.47 bits per heavy atom. The molecule has 0 unspecified atom stereocenters. The van der Waals surface area contributed by atoms with Crippen LogP contribution in [-0.4, -0.2) is 22.0 Å². The molecule has 6 rings (SSSR count). The number of nitrogens with one attached hydrogen (secondary N) is 2. The number of benzene rings is 6. The molecule has 0 aromatic heterocycles. The van der Waals surface area contributed by atoms with Crippen LogP contribution in [0.5, 0.6) is 11.5 Å². The van der Waals surface area contributed by atoms with Gasteiger partial charge in [0.05, 0.1) is 11.1 Å². The number of para-hydroxylation sites is 1. The van der Waals surface area contributed by atoms with Gasteiger partial charge in [0.25, 0.3) is 11.8 Å². The second kappa shape index (κ2) is 12.7. The minimum absolute atomic E-state index is 0.0141. The molecule has 0 atom stereocenters. The zero-order valence-electron chi connectivity index (χ0n) is 23.6. The number of anilines is 2. The van der Waals surface area contributed by atoms with Crippen molar-refractivity contribution in [2.24, 2.45) is 0 Å². The van der Waals surface area contributed by atoms with Crippen molar-refractivity contribution in [2.75, 3.05) is 10.6 Å². The standard InChI is InChI=1S/C18H14ClNO2.C18H15NO2/c1-11-6-7-14(19)10-16(11)20-18(22)15-8-12-4-2-3-5-13(12)9-17(15)21;1-12-6-2-5-9-16(12)19-18(21)15-10-13-7-3-4-8-14(13)11-17(15)20/h2-10,21H,1H3,(H,20,22);2-11,20H,1H3,(H,19,21). The van der Waals surface area contributed by atoms with E-state index in [1.807, 2.05) is 92.7 Å². The van der Waals surface area contributed by atoms with E-state index in [-0.39, 0.29) is 34.4 Å². The number of halogens is 1. The van der Waals surface area contributed by atoms with Gasteiger partial charge in [0.1, 0.15) is 11.5 Å². The quantitative estimate of drug-likeness (QED) is 0.165. The minimum Gasteiger partial charge on any atom is -0.507 e. The molecule has 6 aromatic carbocycles. The first-order chi connectivity index (χ1) is 20.7. The zero-order chi connectivity index (χ0) is 30.5. The van der Waals surface area contributed by atoms with Crippen molar-refractivity contribution in [3.8, 4) is 11.5 Å². The molecule has 0 saturated heterocycles. The van der Waals surface area contributed by atoms with Crippen molar-refractivity contribution in [2.45, 2.75) is 13.8 Å². The summed E-state index contributed by atoms with van der Waals surface area (Å²) in [5.74, 6) is -0.739. The van der Waals surface area contributed by atoms with E-state index < -0.39 is 0 Å². The lowest BCUT2D eigenvalue weighted by Gasteiger charge is -2.11. The lowest BCUT2D eigenvalue weighted by atomic mass is 10.1. The predicted molar refractivity (Wildman–Crippen MR) is 174 cm³/mol. The second-order valence-corrected chi connectivity index (χ2v) is 10.6. The van der Waals surface area contributed by atoms with Crippen LogP contribution in [-0.2, 0) is 0 Å². The number of phenols is 2. The molecular formula is C36H29ClN2O4. The minimum atomic E-state index is -0.367. The zero-order valence-corrected chi connectivity index (χ0v) is 24.3. The van der Waals surface area contributed by atoms with Crippen molar-refractivity contribution in [3.05, 3.63) is 143 Å². The van der Waals surface area contributed by atoms with Crippen LogP contribution in [0.15, 0.2) is 115 Å². The topological polar surface area (TPSA) is 98.7 Å². The molecule has 0 aliphatic rings. The number of aryl methyl sites for hydroxylation is 2. The molecule has 0 radical (unpaired) electrons. The maximum absolute atomic E-state index is 12.4. The smallest absolute Gasteiger partial charge is 0.259 e. The maximum atomic E-state index is 12.4. The Morgan fingerprint density at radius 2 is 0.953 bits per heavy atom. The van der Waals surface area contributed by atoms with Gasteiger partial charge in [-0.1, -0.05) is 84.4 Å². The number of rotatable bonds is 4. The van der Waals surface area contributed by atoms with Gasteiger partial charge >= 0.3 is 0 Å². The van der Waals surface area contributed by atoms with Gasteiger partial charge in [0.15, 0.2) is 0 Å². The number of amides is 2. The third kappa shape index (κ3) is 6.77. The molecule has 0 aliphatic carbocycles. The Bertz CT molecular complexity index is 1990. The molecule has 2 amide bonds. The molecule has 0 heterocycles. The summed E-state index contributed by atoms with van der Waals surface area (Å²) in [7, 11) is 0. The highest BCUT2D eigenvalue weighted by molar-refractivity contribution is 6.31. The molecule has 0 fully saturated rings. The van der Waals surface area contributed by atoms with Gasteiger partial charge in [-0.2, -0.15) is 0 Å². The fraction of sp³-hybridized carbons (Fsp3) is 0.0556. The van der Waals surface area contributed by atoms with Gasteiger partial charge in [0.2, 0.25) is 0 Å². The van der Waals surface area contributed by atoms with E-state index in [0.29, 0.717) is 10.7 Å². The fourth-order valence-electron chi connectivity index (χ4n) is 4.64. The summed E-state index contributed by atoms with van der Waals surface area (Å²) in [5.41, 5.74) is 3.76. The predicted octanol–water partition coefficient (Wildman–Crippen LogP) is 8.87. The fourth-order valence-corrected chi connectivity index (χ4v) is 4.81. The van der Waals surface area contributed by atoms with E-state index in [1.54, 1.807) is 36.4 Å². The number of fused-ring (bicyclic) bond motifs is 2. The van der Waals surface area contributed by atoms with Gasteiger partial charge < -0.3 is 20.8 Å². The van der Waals surface area contributed by atoms with Crippen LogP contribution in [0.2, 0.25) is 5.02 Å². The molecule has 6 aromatic rings. The average Bonchev–Trinajstić information content (AvgIpc) is 2.99. The Hall–Kier alpha value is -5.33. The third-order valence-electron chi connectivity index (χ3n) is 7.06. The van der Waals surface area contributed by atoms with Gasteiger partial charge in [-0.15, -0.1) is 0 Å². The normalized spacial score (nSPS) is 10.6. The largest absolute Gasteiger partial charge is 0.507 e. The molecule has 6 nitrogen and oxygen atoms in total. The molecule has 4 N–H and O–H groups in total. The monoisotopic (exact) mass is 588 g/mol. The van der Waals surface area contributed by atoms with Crippen LogP contribution < -0.4 is 10.6 Å². The lowest BCUT2D eigenvalue weighted by molar-refractivity contribution is 0.101. The Balaban J connectivity index is 0.000000171. The summed E-state index contributed by atoms with van der Waals surface area (Å²) in [6.45, 7) is 3.81. The molecule has 0 saturated carbocycles. The van der Waals surface area contributed by atoms with Gasteiger partial charge in [-0.25, -0.2) is 0 Å². The van der Waals surface area contributed by atoms with E-state index in [4.69, 9.17) is 11.6 Å². The number of phenolic OH excluding ortho intramolecular Hbond substituents is 2. The summed E-state index contributed by atoms with van der Waals surface area (Å²) >= 11 is 5.95. The van der Waals surface area contributed by atoms with Crippen LogP contribution in [0.1, 0.15) is 31.8 Å². The average molecular weight is 589 g/mol. The van der Waals surface area contributed by atoms with E-state index in [2.05, 4.69) is 10.6 Å². The van der Waals surface area contributed by atoms with Gasteiger partial charge in [0, 0.05) is 16.4 Å². The van der Waals surface area contributed by atoms with Gasteiger partial charge in [-0.05, 0) is 89.0 Å². The molecule has 0 spiro atoms. The SMILES string of the molecule is Cc1ccc(Cl)cc1NC(=O)c1cc2ccccc2cc1O.Cc1ccccc1NC(=O)c1cc2ccccc2cc1O. The first-order valence-corrected chi connectivity index (χ1v) is 14.0. The molecule has 0 aliphatic heterocycles. The summed E-state index contributed by atoms with van der Waals surface area (Å²) < 4.78 is 0. The molecule has 214 valence electrons. The van der Waals surface area contributed by atoms with Crippen LogP contribution in [0.3, 0.4) is 0 Å². The number of hydrogen-bond donors (Lipinski definition) is 4. The van der Waals surface area contributed by atoms with Crippen LogP contribution >= 0.6 is 11.6 Å². The van der Waals surface area contributed by atoms with Crippen molar-refractivity contribution < 1.29 is 19.8 Å². The Kier molecular flexibility index (Phi) is 8.60. The van der Waals surface area contributed by atoms with E-state index in [9.17, 15) is 19.8 Å². The Morgan fingerprint density at radius 1 is 0.535 bits per heavy atom. The van der Waals surface area contributed by atoms with E-state index in [0.717, 1.165) is 38.4 Å². The number of hydrogen-bond acceptors (Lipinski definition) is 4. The molecule has 7 heteroatoms. The summed E-state index contributed by atoms with van der Waals surface area (Å²) in [4.78, 5) is 24.8. The summed E-state index contributed by atoms with van der Waals surface area (Å²) in [6, 6.07) is 34.6. The van der Waals surface area contributed by atoms with Crippen LogP contribution in [0.4, 0.5) is 11.4 Å². The van der Waals surface area contributed by atoms with E-state index in [1.165, 1.54) is 0 Å². The summed E-state index contributed by atoms with van der Waals surface area (Å²) in [6.07, 6.45) is 0.